The largest absolute Gasteiger partial charge is 0.496 e. The number of ether oxygens (including phenoxy) is 1. The van der Waals surface area contributed by atoms with Crippen molar-refractivity contribution in [3.8, 4) is 17.1 Å². The van der Waals surface area contributed by atoms with Gasteiger partial charge in [-0.15, -0.1) is 0 Å². The van der Waals surface area contributed by atoms with Crippen molar-refractivity contribution in [2.24, 2.45) is 5.73 Å². The molecular formula is C14H17N3O2. The van der Waals surface area contributed by atoms with Crippen molar-refractivity contribution in [3.63, 3.8) is 0 Å². The van der Waals surface area contributed by atoms with Gasteiger partial charge in [0.1, 0.15) is 11.6 Å². The van der Waals surface area contributed by atoms with E-state index in [0.29, 0.717) is 24.4 Å². The summed E-state index contributed by atoms with van der Waals surface area (Å²) in [6.45, 7) is 2.38. The number of H-pyrrole nitrogens is 1. The van der Waals surface area contributed by atoms with E-state index in [4.69, 9.17) is 10.5 Å². The molecule has 5 heteroatoms. The van der Waals surface area contributed by atoms with E-state index in [1.165, 1.54) is 0 Å². The van der Waals surface area contributed by atoms with Gasteiger partial charge in [-0.1, -0.05) is 0 Å². The van der Waals surface area contributed by atoms with Gasteiger partial charge in [-0.05, 0) is 43.7 Å². The second-order valence-corrected chi connectivity index (χ2v) is 4.31. The summed E-state index contributed by atoms with van der Waals surface area (Å²) in [4.78, 5) is 18.9. The van der Waals surface area contributed by atoms with Crippen LogP contribution >= 0.6 is 0 Å². The number of aryl methyl sites for hydroxylation is 1. The second kappa shape index (κ2) is 5.67. The molecule has 1 aromatic carbocycles. The average Bonchev–Trinajstić information content (AvgIpc) is 2.41. The predicted molar refractivity (Wildman–Crippen MR) is 74.3 cm³/mol. The number of aromatic nitrogens is 2. The van der Waals surface area contributed by atoms with Crippen LogP contribution in [0.25, 0.3) is 11.4 Å². The number of nitrogens with one attached hydrogen (secondary N) is 1. The lowest BCUT2D eigenvalue weighted by Crippen LogP contribution is -2.17. The van der Waals surface area contributed by atoms with Crippen LogP contribution in [0.1, 0.15) is 11.1 Å². The third kappa shape index (κ3) is 2.82. The van der Waals surface area contributed by atoms with Crippen LogP contribution in [0.5, 0.6) is 5.75 Å². The molecule has 0 aliphatic carbocycles. The zero-order chi connectivity index (χ0) is 13.8. The standard InChI is InChI=1S/C14H17N3O2/c1-9-7-10(3-4-12(9)19-2)13-16-8-11(5-6-15)14(18)17-13/h3-4,7-8H,5-6,15H2,1-2H3,(H,16,17,18). The molecule has 3 N–H and O–H groups in total. The van der Waals surface area contributed by atoms with E-state index < -0.39 is 0 Å². The van der Waals surface area contributed by atoms with Crippen LogP contribution in [0.2, 0.25) is 0 Å². The average molecular weight is 259 g/mol. The molecule has 1 aromatic heterocycles. The summed E-state index contributed by atoms with van der Waals surface area (Å²) in [7, 11) is 1.63. The first-order valence-electron chi connectivity index (χ1n) is 6.09. The Morgan fingerprint density at radius 2 is 2.21 bits per heavy atom. The number of rotatable bonds is 4. The van der Waals surface area contributed by atoms with Gasteiger partial charge in [0.25, 0.3) is 5.56 Å². The molecule has 19 heavy (non-hydrogen) atoms. The topological polar surface area (TPSA) is 81.0 Å². The molecule has 0 unspecified atom stereocenters. The van der Waals surface area contributed by atoms with Gasteiger partial charge in [0, 0.05) is 17.3 Å². The van der Waals surface area contributed by atoms with Crippen molar-refractivity contribution in [2.75, 3.05) is 13.7 Å². The Balaban J connectivity index is 2.39. The van der Waals surface area contributed by atoms with E-state index in [-0.39, 0.29) is 5.56 Å². The van der Waals surface area contributed by atoms with Crippen LogP contribution < -0.4 is 16.0 Å². The maximum atomic E-state index is 11.8. The van der Waals surface area contributed by atoms with Gasteiger partial charge >= 0.3 is 0 Å². The minimum atomic E-state index is -0.135. The van der Waals surface area contributed by atoms with Gasteiger partial charge in [-0.25, -0.2) is 4.98 Å². The van der Waals surface area contributed by atoms with Gasteiger partial charge in [0.2, 0.25) is 0 Å². The molecule has 0 atom stereocenters. The molecule has 0 spiro atoms. The van der Waals surface area contributed by atoms with Crippen LogP contribution in [0, 0.1) is 6.92 Å². The number of aromatic amines is 1. The highest BCUT2D eigenvalue weighted by atomic mass is 16.5. The van der Waals surface area contributed by atoms with Crippen LogP contribution in [-0.2, 0) is 6.42 Å². The Kier molecular flexibility index (Phi) is 3.97. The van der Waals surface area contributed by atoms with E-state index in [1.807, 2.05) is 25.1 Å². The predicted octanol–water partition coefficient (Wildman–Crippen LogP) is 1.26. The third-order valence-corrected chi connectivity index (χ3v) is 2.96. The molecular weight excluding hydrogens is 242 g/mol. The molecule has 0 fully saturated rings. The van der Waals surface area contributed by atoms with Gasteiger partial charge in [0.05, 0.1) is 7.11 Å². The highest BCUT2D eigenvalue weighted by molar-refractivity contribution is 5.58. The summed E-state index contributed by atoms with van der Waals surface area (Å²) in [5, 5.41) is 0. The molecule has 2 aromatic rings. The van der Waals surface area contributed by atoms with Crippen LogP contribution in [-0.4, -0.2) is 23.6 Å². The van der Waals surface area contributed by atoms with Crippen molar-refractivity contribution in [3.05, 3.63) is 45.9 Å². The van der Waals surface area contributed by atoms with Crippen LogP contribution in [0.4, 0.5) is 0 Å². The zero-order valence-corrected chi connectivity index (χ0v) is 11.1. The minimum Gasteiger partial charge on any atom is -0.496 e. The van der Waals surface area contributed by atoms with Gasteiger partial charge in [-0.3, -0.25) is 4.79 Å². The van der Waals surface area contributed by atoms with E-state index in [0.717, 1.165) is 16.9 Å². The molecule has 0 amide bonds. The molecule has 0 saturated carbocycles. The summed E-state index contributed by atoms with van der Waals surface area (Å²) < 4.78 is 5.20. The van der Waals surface area contributed by atoms with E-state index in [1.54, 1.807) is 13.3 Å². The lowest BCUT2D eigenvalue weighted by atomic mass is 10.1. The van der Waals surface area contributed by atoms with E-state index >= 15 is 0 Å². The molecule has 0 saturated heterocycles. The SMILES string of the molecule is COc1ccc(-c2ncc(CCN)c(=O)[nH]2)cc1C. The van der Waals surface area contributed by atoms with Crippen molar-refractivity contribution in [1.82, 2.24) is 9.97 Å². The zero-order valence-electron chi connectivity index (χ0n) is 11.1. The normalized spacial score (nSPS) is 10.5. The Labute approximate surface area is 111 Å². The number of benzene rings is 1. The number of nitrogens with zero attached hydrogens (tertiary/aromatic N) is 1. The molecule has 0 radical (unpaired) electrons. The fourth-order valence-electron chi connectivity index (χ4n) is 1.93. The summed E-state index contributed by atoms with van der Waals surface area (Å²) in [5.74, 6) is 1.36. The minimum absolute atomic E-state index is 0.135. The lowest BCUT2D eigenvalue weighted by Gasteiger charge is -2.07. The Morgan fingerprint density at radius 3 is 2.79 bits per heavy atom. The summed E-state index contributed by atoms with van der Waals surface area (Å²) in [6.07, 6.45) is 2.12. The highest BCUT2D eigenvalue weighted by Gasteiger charge is 2.06. The molecule has 0 bridgehead atoms. The summed E-state index contributed by atoms with van der Waals surface area (Å²) >= 11 is 0. The molecule has 0 aliphatic rings. The quantitative estimate of drug-likeness (QED) is 0.866. The fraction of sp³-hybridized carbons (Fsp3) is 0.286. The first kappa shape index (κ1) is 13.3. The third-order valence-electron chi connectivity index (χ3n) is 2.96. The van der Waals surface area contributed by atoms with Gasteiger partial charge in [0.15, 0.2) is 0 Å². The van der Waals surface area contributed by atoms with Gasteiger partial charge in [-0.2, -0.15) is 0 Å². The Morgan fingerprint density at radius 1 is 1.42 bits per heavy atom. The van der Waals surface area contributed by atoms with Crippen molar-refractivity contribution < 1.29 is 4.74 Å². The first-order valence-corrected chi connectivity index (χ1v) is 6.09. The summed E-state index contributed by atoms with van der Waals surface area (Å²) in [6, 6.07) is 5.66. The van der Waals surface area contributed by atoms with E-state index in [9.17, 15) is 4.79 Å². The van der Waals surface area contributed by atoms with Crippen LogP contribution in [0.15, 0.2) is 29.2 Å². The Bertz CT molecular complexity index is 635. The Hall–Kier alpha value is -2.14. The van der Waals surface area contributed by atoms with Crippen LogP contribution in [0.3, 0.4) is 0 Å². The van der Waals surface area contributed by atoms with Crippen molar-refractivity contribution in [2.45, 2.75) is 13.3 Å². The number of hydrogen-bond donors (Lipinski definition) is 2. The maximum absolute atomic E-state index is 11.8. The molecule has 100 valence electrons. The number of hydrogen-bond acceptors (Lipinski definition) is 4. The fourth-order valence-corrected chi connectivity index (χ4v) is 1.93. The monoisotopic (exact) mass is 259 g/mol. The second-order valence-electron chi connectivity index (χ2n) is 4.31. The molecule has 5 nitrogen and oxygen atoms in total. The molecule has 1 heterocycles. The molecule has 2 rings (SSSR count). The van der Waals surface area contributed by atoms with E-state index in [2.05, 4.69) is 9.97 Å². The van der Waals surface area contributed by atoms with Crippen molar-refractivity contribution in [1.29, 1.82) is 0 Å². The summed E-state index contributed by atoms with van der Waals surface area (Å²) in [5.41, 5.74) is 7.76. The smallest absolute Gasteiger partial charge is 0.254 e. The van der Waals surface area contributed by atoms with Crippen molar-refractivity contribution >= 4 is 0 Å². The first-order chi connectivity index (χ1) is 9.15. The highest BCUT2D eigenvalue weighted by Crippen LogP contribution is 2.23. The number of nitrogens with two attached hydrogens (primary N) is 1. The lowest BCUT2D eigenvalue weighted by molar-refractivity contribution is 0.412. The van der Waals surface area contributed by atoms with Gasteiger partial charge < -0.3 is 15.5 Å². The molecule has 0 aliphatic heterocycles. The number of methoxy groups -OCH3 is 1. The maximum Gasteiger partial charge on any atom is 0.254 e.